The summed E-state index contributed by atoms with van der Waals surface area (Å²) in [7, 11) is -5.81. The van der Waals surface area contributed by atoms with E-state index < -0.39 is 21.8 Å². The van der Waals surface area contributed by atoms with Gasteiger partial charge in [0.15, 0.2) is 0 Å². The summed E-state index contributed by atoms with van der Waals surface area (Å²) in [6.45, 7) is 0. The van der Waals surface area contributed by atoms with Crippen molar-refractivity contribution in [1.82, 2.24) is 0 Å². The third kappa shape index (κ3) is 3.99. The maximum atomic E-state index is 11.6. The van der Waals surface area contributed by atoms with E-state index in [1.54, 1.807) is 4.39 Å². The maximum absolute atomic E-state index is 11.6. The summed E-state index contributed by atoms with van der Waals surface area (Å²) in [6.07, 6.45) is -5.68. The molecule has 0 N–H and O–H groups in total. The van der Waals surface area contributed by atoms with Crippen LogP contribution in [0.15, 0.2) is 0 Å². The molecule has 0 aromatic heterocycles. The predicted octanol–water partition coefficient (Wildman–Crippen LogP) is -1.81. The zero-order valence-corrected chi connectivity index (χ0v) is 8.42. The van der Waals surface area contributed by atoms with Crippen LogP contribution in [0, 0.1) is 0 Å². The Bertz CT molecular complexity index is 226. The van der Waals surface area contributed by atoms with E-state index in [2.05, 4.69) is 0 Å². The first-order valence-corrected chi connectivity index (χ1v) is 3.44. The van der Waals surface area contributed by atoms with Gasteiger partial charge in [-0.2, -0.15) is 21.6 Å². The number of halogens is 5. The Hall–Kier alpha value is 0.560. The normalized spacial score (nSPS) is 15.1. The summed E-state index contributed by atoms with van der Waals surface area (Å²) in [5, 5.41) is 0. The largest absolute Gasteiger partial charge is 1.00 e. The quantitative estimate of drug-likeness (QED) is 0.410. The zero-order chi connectivity index (χ0) is 9.28. The minimum Gasteiger partial charge on any atom is -1.00 e. The molecule has 1 atom stereocenters. The van der Waals surface area contributed by atoms with Crippen LogP contribution in [-0.2, 0) is 14.5 Å². The summed E-state index contributed by atoms with van der Waals surface area (Å²) >= 11 is 0. The molecule has 0 aliphatic heterocycles. The molecule has 3 nitrogen and oxygen atoms in total. The van der Waals surface area contributed by atoms with Gasteiger partial charge in [-0.3, -0.25) is 0 Å². The first-order chi connectivity index (χ1) is 4.72. The fourth-order valence-corrected chi connectivity index (χ4v) is 0.587. The van der Waals surface area contributed by atoms with E-state index in [0.717, 1.165) is 0 Å². The van der Waals surface area contributed by atoms with Crippen LogP contribution in [0.5, 0.6) is 0 Å². The van der Waals surface area contributed by atoms with E-state index in [9.17, 15) is 30.5 Å². The summed E-state index contributed by atoms with van der Waals surface area (Å²) in [4.78, 5) is 0. The van der Waals surface area contributed by atoms with Crippen LogP contribution in [0.1, 0.15) is 1.43 Å². The molecule has 0 radical (unpaired) electrons. The Kier molecular flexibility index (Phi) is 5.90. The minimum atomic E-state index is -5.81. The van der Waals surface area contributed by atoms with Crippen molar-refractivity contribution in [2.75, 3.05) is 0 Å². The first kappa shape index (κ1) is 15.1. The van der Waals surface area contributed by atoms with Crippen molar-refractivity contribution < 1.29 is 65.9 Å². The SMILES string of the molecule is O=S(=O)(OF)C(F)C(F)(F)F.[H-].[Na+]. The van der Waals surface area contributed by atoms with Gasteiger partial charge in [0.05, 0.1) is 0 Å². The molecule has 0 saturated heterocycles. The molecular formula is C2H2F5NaO3S. The molecule has 0 aliphatic carbocycles. The molecule has 0 heterocycles. The first-order valence-electron chi connectivity index (χ1n) is 1.96. The second-order valence-corrected chi connectivity index (χ2v) is 2.94. The monoisotopic (exact) mass is 224 g/mol. The molecular weight excluding hydrogens is 222 g/mol. The van der Waals surface area contributed by atoms with Crippen LogP contribution in [0.2, 0.25) is 0 Å². The van der Waals surface area contributed by atoms with Crippen LogP contribution >= 0.6 is 0 Å². The zero-order valence-electron chi connectivity index (χ0n) is 6.60. The van der Waals surface area contributed by atoms with Crippen molar-refractivity contribution in [3.63, 3.8) is 0 Å². The van der Waals surface area contributed by atoms with Crippen LogP contribution in [0.4, 0.5) is 22.1 Å². The Labute approximate surface area is 87.7 Å². The number of rotatable bonds is 2. The van der Waals surface area contributed by atoms with E-state index in [4.69, 9.17) is 0 Å². The van der Waals surface area contributed by atoms with Crippen LogP contribution < -0.4 is 29.6 Å². The van der Waals surface area contributed by atoms with Crippen molar-refractivity contribution in [2.45, 2.75) is 11.7 Å². The summed E-state index contributed by atoms with van der Waals surface area (Å²) in [5.74, 6) is 0. The van der Waals surface area contributed by atoms with Gasteiger partial charge in [-0.1, -0.05) is 4.39 Å². The smallest absolute Gasteiger partial charge is 1.00 e. The minimum absolute atomic E-state index is 0. The maximum Gasteiger partial charge on any atom is 1.00 e. The molecule has 10 heteroatoms. The Morgan fingerprint density at radius 3 is 1.75 bits per heavy atom. The van der Waals surface area contributed by atoms with Crippen molar-refractivity contribution in [2.24, 2.45) is 0 Å². The molecule has 70 valence electrons. The van der Waals surface area contributed by atoms with Crippen molar-refractivity contribution in [1.29, 1.82) is 0 Å². The molecule has 1 unspecified atom stereocenters. The van der Waals surface area contributed by atoms with E-state index in [-0.39, 0.29) is 31.0 Å². The fourth-order valence-electron chi connectivity index (χ4n) is 0.196. The molecule has 0 bridgehead atoms. The second-order valence-electron chi connectivity index (χ2n) is 1.41. The van der Waals surface area contributed by atoms with Crippen molar-refractivity contribution in [3.8, 4) is 0 Å². The van der Waals surface area contributed by atoms with Crippen LogP contribution in [0.3, 0.4) is 0 Å². The third-order valence-electron chi connectivity index (χ3n) is 0.599. The predicted molar refractivity (Wildman–Crippen MR) is 23.2 cm³/mol. The molecule has 0 aromatic carbocycles. The average Bonchev–Trinajstić information content (AvgIpc) is 1.84. The van der Waals surface area contributed by atoms with Gasteiger partial charge >= 0.3 is 51.4 Å². The topological polar surface area (TPSA) is 43.4 Å². The van der Waals surface area contributed by atoms with Crippen LogP contribution in [-0.4, -0.2) is 20.1 Å². The van der Waals surface area contributed by atoms with E-state index >= 15 is 0 Å². The fraction of sp³-hybridized carbons (Fsp3) is 1.00. The summed E-state index contributed by atoms with van der Waals surface area (Å²) in [6, 6.07) is 0. The number of alkyl halides is 4. The van der Waals surface area contributed by atoms with Gasteiger partial charge in [0, 0.05) is 0 Å². The van der Waals surface area contributed by atoms with Gasteiger partial charge < -0.3 is 1.43 Å². The molecule has 0 spiro atoms. The molecule has 0 aromatic rings. The third-order valence-corrected chi connectivity index (χ3v) is 1.55. The average molecular weight is 224 g/mol. The summed E-state index contributed by atoms with van der Waals surface area (Å²) < 4.78 is 76.8. The molecule has 0 fully saturated rings. The Balaban J connectivity index is -0.000000500. The molecule has 0 saturated carbocycles. The van der Waals surface area contributed by atoms with Crippen molar-refractivity contribution in [3.05, 3.63) is 0 Å². The second kappa shape index (κ2) is 4.70. The van der Waals surface area contributed by atoms with Crippen molar-refractivity contribution >= 4 is 10.1 Å². The molecule has 0 aliphatic rings. The van der Waals surface area contributed by atoms with Gasteiger partial charge in [0.1, 0.15) is 0 Å². The van der Waals surface area contributed by atoms with Gasteiger partial charge in [0.25, 0.3) is 0 Å². The van der Waals surface area contributed by atoms with Gasteiger partial charge in [-0.25, -0.2) is 4.39 Å². The van der Waals surface area contributed by atoms with Gasteiger partial charge in [-0.15, -0.1) is 0 Å². The number of hydrogen-bond acceptors (Lipinski definition) is 3. The molecule has 0 amide bonds. The standard InChI is InChI=1S/C2HF5O3S.Na.H/c3-1(2(4,5)6)11(8,9)10-7;;/h1H;;/q;+1;-1. The van der Waals surface area contributed by atoms with E-state index in [0.29, 0.717) is 0 Å². The van der Waals surface area contributed by atoms with Gasteiger partial charge in [-0.05, 0) is 4.53 Å². The van der Waals surface area contributed by atoms with Crippen LogP contribution in [0.25, 0.3) is 0 Å². The van der Waals surface area contributed by atoms with E-state index in [1.165, 1.54) is 0 Å². The number of hydrogen-bond donors (Lipinski definition) is 0. The summed E-state index contributed by atoms with van der Waals surface area (Å²) in [5.41, 5.74) is -4.35. The molecule has 0 rings (SSSR count). The Morgan fingerprint density at radius 2 is 1.67 bits per heavy atom. The van der Waals surface area contributed by atoms with E-state index in [1.807, 2.05) is 0 Å². The molecule has 12 heavy (non-hydrogen) atoms. The van der Waals surface area contributed by atoms with Gasteiger partial charge in [0.2, 0.25) is 0 Å². The Morgan fingerprint density at radius 1 is 1.33 bits per heavy atom.